The molecule has 0 saturated carbocycles. The second-order valence-electron chi connectivity index (χ2n) is 5.38. The summed E-state index contributed by atoms with van der Waals surface area (Å²) in [6.07, 6.45) is 3.13. The molecule has 0 radical (unpaired) electrons. The average molecular weight is 272 g/mol. The normalized spacial score (nSPS) is 25.5. The van der Waals surface area contributed by atoms with E-state index >= 15 is 0 Å². The van der Waals surface area contributed by atoms with Crippen molar-refractivity contribution in [3.8, 4) is 0 Å². The van der Waals surface area contributed by atoms with Gasteiger partial charge in [-0.3, -0.25) is 9.69 Å². The van der Waals surface area contributed by atoms with Crippen molar-refractivity contribution in [1.82, 2.24) is 10.2 Å². The fourth-order valence-electron chi connectivity index (χ4n) is 2.81. The maximum atomic E-state index is 12.1. The van der Waals surface area contributed by atoms with E-state index in [0.29, 0.717) is 31.8 Å². The van der Waals surface area contributed by atoms with E-state index in [1.165, 1.54) is 12.8 Å². The number of carbonyl (C=O) groups is 1. The molecule has 1 heterocycles. The first kappa shape index (κ1) is 16.4. The minimum Gasteiger partial charge on any atom is -0.394 e. The van der Waals surface area contributed by atoms with Gasteiger partial charge in [0, 0.05) is 25.2 Å². The molecule has 0 spiro atoms. The summed E-state index contributed by atoms with van der Waals surface area (Å²) in [7, 11) is 0. The highest BCUT2D eigenvalue weighted by Gasteiger charge is 2.33. The van der Waals surface area contributed by atoms with Crippen LogP contribution in [-0.2, 0) is 9.53 Å². The van der Waals surface area contributed by atoms with Crippen LogP contribution < -0.4 is 5.32 Å². The van der Waals surface area contributed by atoms with Crippen molar-refractivity contribution in [3.05, 3.63) is 0 Å². The number of ether oxygens (including phenoxy) is 1. The number of likely N-dealkylation sites (tertiary alicyclic amines) is 1. The lowest BCUT2D eigenvalue weighted by molar-refractivity contribution is -0.126. The molecular weight excluding hydrogens is 244 g/mol. The topological polar surface area (TPSA) is 61.8 Å². The number of hydrogen-bond acceptors (Lipinski definition) is 4. The number of nitrogens with one attached hydrogen (secondary N) is 1. The summed E-state index contributed by atoms with van der Waals surface area (Å²) in [6, 6.07) is 0.915. The molecule has 1 aliphatic heterocycles. The van der Waals surface area contributed by atoms with Crippen molar-refractivity contribution in [3.63, 3.8) is 0 Å². The third kappa shape index (κ3) is 5.09. The summed E-state index contributed by atoms with van der Waals surface area (Å²) in [5.74, 6) is 0.0998. The highest BCUT2D eigenvalue weighted by atomic mass is 16.5. The van der Waals surface area contributed by atoms with Crippen LogP contribution in [-0.4, -0.2) is 60.4 Å². The first-order valence-corrected chi connectivity index (χ1v) is 7.31. The molecule has 1 aliphatic rings. The van der Waals surface area contributed by atoms with Crippen molar-refractivity contribution < 1.29 is 14.6 Å². The zero-order valence-electron chi connectivity index (χ0n) is 12.4. The van der Waals surface area contributed by atoms with Crippen molar-refractivity contribution in [1.29, 1.82) is 0 Å². The first-order valence-electron chi connectivity index (χ1n) is 7.31. The maximum absolute atomic E-state index is 12.1. The standard InChI is InChI=1S/C14H28N2O3/c1-11-5-6-12(2)16(11)13(3)14(18)15-7-4-9-19-10-8-17/h11-13,17H,4-10H2,1-3H3,(H,15,18). The van der Waals surface area contributed by atoms with Gasteiger partial charge in [-0.15, -0.1) is 0 Å². The molecule has 0 aromatic rings. The lowest BCUT2D eigenvalue weighted by Crippen LogP contribution is -2.49. The second-order valence-corrected chi connectivity index (χ2v) is 5.38. The lowest BCUT2D eigenvalue weighted by atomic mass is 10.2. The van der Waals surface area contributed by atoms with Crippen LogP contribution in [0.4, 0.5) is 0 Å². The van der Waals surface area contributed by atoms with Crippen LogP contribution in [0.1, 0.15) is 40.0 Å². The summed E-state index contributed by atoms with van der Waals surface area (Å²) < 4.78 is 5.15. The highest BCUT2D eigenvalue weighted by Crippen LogP contribution is 2.25. The van der Waals surface area contributed by atoms with Gasteiger partial charge in [0.2, 0.25) is 5.91 Å². The molecule has 2 N–H and O–H groups in total. The Bertz CT molecular complexity index is 263. The highest BCUT2D eigenvalue weighted by molar-refractivity contribution is 5.81. The number of hydrogen-bond donors (Lipinski definition) is 2. The second kappa shape index (κ2) is 8.51. The molecule has 1 amide bonds. The molecule has 0 aromatic heterocycles. The number of carbonyl (C=O) groups excluding carboxylic acids is 1. The molecule has 0 aliphatic carbocycles. The Morgan fingerprint density at radius 3 is 2.58 bits per heavy atom. The van der Waals surface area contributed by atoms with E-state index < -0.39 is 0 Å². The van der Waals surface area contributed by atoms with Gasteiger partial charge in [0.15, 0.2) is 0 Å². The molecule has 1 rings (SSSR count). The summed E-state index contributed by atoms with van der Waals surface area (Å²) >= 11 is 0. The van der Waals surface area contributed by atoms with Crippen LogP contribution in [0.2, 0.25) is 0 Å². The molecule has 0 bridgehead atoms. The molecule has 3 unspecified atom stereocenters. The Morgan fingerprint density at radius 2 is 2.00 bits per heavy atom. The molecule has 5 nitrogen and oxygen atoms in total. The Balaban J connectivity index is 2.21. The van der Waals surface area contributed by atoms with Crippen molar-refractivity contribution >= 4 is 5.91 Å². The molecular formula is C14H28N2O3. The van der Waals surface area contributed by atoms with Gasteiger partial charge in [-0.25, -0.2) is 0 Å². The van der Waals surface area contributed by atoms with E-state index in [1.807, 2.05) is 6.92 Å². The van der Waals surface area contributed by atoms with Crippen molar-refractivity contribution in [2.45, 2.75) is 58.2 Å². The van der Waals surface area contributed by atoms with Gasteiger partial charge in [-0.2, -0.15) is 0 Å². The van der Waals surface area contributed by atoms with Crippen LogP contribution >= 0.6 is 0 Å². The maximum Gasteiger partial charge on any atom is 0.237 e. The van der Waals surface area contributed by atoms with E-state index in [4.69, 9.17) is 9.84 Å². The van der Waals surface area contributed by atoms with Gasteiger partial charge in [0.05, 0.1) is 19.3 Å². The monoisotopic (exact) mass is 272 g/mol. The minimum atomic E-state index is -0.0640. The summed E-state index contributed by atoms with van der Waals surface area (Å²) in [5, 5.41) is 11.5. The molecule has 112 valence electrons. The third-order valence-electron chi connectivity index (χ3n) is 3.85. The van der Waals surface area contributed by atoms with Crippen LogP contribution in [0.15, 0.2) is 0 Å². The number of aliphatic hydroxyl groups excluding tert-OH is 1. The van der Waals surface area contributed by atoms with Gasteiger partial charge in [0.1, 0.15) is 0 Å². The number of rotatable bonds is 8. The van der Waals surface area contributed by atoms with Crippen LogP contribution in [0.25, 0.3) is 0 Å². The van der Waals surface area contributed by atoms with Gasteiger partial charge in [0.25, 0.3) is 0 Å². The Morgan fingerprint density at radius 1 is 1.37 bits per heavy atom. The van der Waals surface area contributed by atoms with Gasteiger partial charge >= 0.3 is 0 Å². The number of amides is 1. The quantitative estimate of drug-likeness (QED) is 0.641. The number of nitrogens with zero attached hydrogens (tertiary/aromatic N) is 1. The summed E-state index contributed by atoms with van der Waals surface area (Å²) in [6.45, 7) is 7.99. The molecule has 1 fully saturated rings. The van der Waals surface area contributed by atoms with E-state index in [9.17, 15) is 4.79 Å². The van der Waals surface area contributed by atoms with Crippen molar-refractivity contribution in [2.24, 2.45) is 0 Å². The summed E-state index contributed by atoms with van der Waals surface area (Å²) in [5.41, 5.74) is 0. The zero-order valence-corrected chi connectivity index (χ0v) is 12.4. The average Bonchev–Trinajstić information content (AvgIpc) is 2.72. The van der Waals surface area contributed by atoms with E-state index in [1.54, 1.807) is 0 Å². The lowest BCUT2D eigenvalue weighted by Gasteiger charge is -2.31. The van der Waals surface area contributed by atoms with Crippen LogP contribution in [0.3, 0.4) is 0 Å². The molecule has 1 saturated heterocycles. The predicted octanol–water partition coefficient (Wildman–Crippen LogP) is 0.763. The smallest absolute Gasteiger partial charge is 0.237 e. The summed E-state index contributed by atoms with van der Waals surface area (Å²) in [4.78, 5) is 14.4. The van der Waals surface area contributed by atoms with Crippen LogP contribution in [0, 0.1) is 0 Å². The van der Waals surface area contributed by atoms with E-state index in [0.717, 1.165) is 6.42 Å². The van der Waals surface area contributed by atoms with Gasteiger partial charge in [-0.05, 0) is 40.0 Å². The Labute approximate surface area is 116 Å². The largest absolute Gasteiger partial charge is 0.394 e. The first-order chi connectivity index (χ1) is 9.07. The van der Waals surface area contributed by atoms with E-state index in [-0.39, 0.29) is 18.6 Å². The molecule has 5 heteroatoms. The molecule has 19 heavy (non-hydrogen) atoms. The molecule has 3 atom stereocenters. The minimum absolute atomic E-state index is 0.0497. The fourth-order valence-corrected chi connectivity index (χ4v) is 2.81. The van der Waals surface area contributed by atoms with E-state index in [2.05, 4.69) is 24.1 Å². The SMILES string of the molecule is CC1CCC(C)N1C(C)C(=O)NCCCOCCO. The predicted molar refractivity (Wildman–Crippen MR) is 75.0 cm³/mol. The van der Waals surface area contributed by atoms with Gasteiger partial charge in [-0.1, -0.05) is 0 Å². The Kier molecular flexibility index (Phi) is 7.34. The number of aliphatic hydroxyl groups is 1. The molecule has 0 aromatic carbocycles. The van der Waals surface area contributed by atoms with Crippen molar-refractivity contribution in [2.75, 3.05) is 26.4 Å². The third-order valence-corrected chi connectivity index (χ3v) is 3.85. The Hall–Kier alpha value is -0.650. The van der Waals surface area contributed by atoms with Gasteiger partial charge < -0.3 is 15.2 Å². The van der Waals surface area contributed by atoms with Crippen LogP contribution in [0.5, 0.6) is 0 Å². The fraction of sp³-hybridized carbons (Fsp3) is 0.929. The zero-order chi connectivity index (χ0) is 14.3.